The molecule has 3 heteroatoms. The average Bonchev–Trinajstić information content (AvgIpc) is 2.10. The summed E-state index contributed by atoms with van der Waals surface area (Å²) in [6.45, 7) is 3.45. The summed E-state index contributed by atoms with van der Waals surface area (Å²) in [4.78, 5) is 0. The molecule has 72 valence electrons. The second kappa shape index (κ2) is 5.25. The Bertz CT molecular complexity index is 255. The maximum Gasteiger partial charge on any atom is 0.0748 e. The molecule has 0 radical (unpaired) electrons. The summed E-state index contributed by atoms with van der Waals surface area (Å²) < 4.78 is 6.44. The van der Waals surface area contributed by atoms with Crippen LogP contribution in [0.5, 0.6) is 0 Å². The molecule has 0 unspecified atom stereocenters. The molecule has 0 heterocycles. The third-order valence-electron chi connectivity index (χ3n) is 1.75. The van der Waals surface area contributed by atoms with Gasteiger partial charge in [0.2, 0.25) is 0 Å². The van der Waals surface area contributed by atoms with Crippen molar-refractivity contribution in [2.75, 3.05) is 12.3 Å². The fourth-order valence-corrected chi connectivity index (χ4v) is 1.54. The van der Waals surface area contributed by atoms with Crippen molar-refractivity contribution in [2.24, 2.45) is 0 Å². The van der Waals surface area contributed by atoms with E-state index in [9.17, 15) is 0 Å². The molecule has 0 spiro atoms. The van der Waals surface area contributed by atoms with Gasteiger partial charge < -0.3 is 10.5 Å². The lowest BCUT2D eigenvalue weighted by Crippen LogP contribution is -1.99. The summed E-state index contributed by atoms with van der Waals surface area (Å²) in [5.74, 6) is 0. The minimum absolute atomic E-state index is 0.584. The highest BCUT2D eigenvalue weighted by atomic mass is 79.9. The summed E-state index contributed by atoms with van der Waals surface area (Å²) >= 11 is 3.44. The van der Waals surface area contributed by atoms with Gasteiger partial charge in [-0.05, 0) is 18.6 Å². The standard InChI is InChI=1S/C10H14BrNO/c1-2-6-13-7-8-9(11)4-3-5-10(8)12/h3-5H,2,6-7,12H2,1H3. The van der Waals surface area contributed by atoms with Crippen LogP contribution in [0.4, 0.5) is 5.69 Å². The van der Waals surface area contributed by atoms with Gasteiger partial charge in [-0.15, -0.1) is 0 Å². The Morgan fingerprint density at radius 1 is 1.46 bits per heavy atom. The predicted octanol–water partition coefficient (Wildman–Crippen LogP) is 2.96. The number of nitrogen functional groups attached to an aromatic ring is 1. The lowest BCUT2D eigenvalue weighted by Gasteiger charge is -2.08. The molecule has 1 aromatic rings. The van der Waals surface area contributed by atoms with Crippen molar-refractivity contribution in [2.45, 2.75) is 20.0 Å². The molecule has 13 heavy (non-hydrogen) atoms. The van der Waals surface area contributed by atoms with E-state index < -0.39 is 0 Å². The molecule has 0 aromatic heterocycles. The van der Waals surface area contributed by atoms with Crippen molar-refractivity contribution in [1.29, 1.82) is 0 Å². The minimum Gasteiger partial charge on any atom is -0.398 e. The van der Waals surface area contributed by atoms with Gasteiger partial charge in [-0.3, -0.25) is 0 Å². The third kappa shape index (κ3) is 3.01. The van der Waals surface area contributed by atoms with Crippen molar-refractivity contribution in [3.8, 4) is 0 Å². The van der Waals surface area contributed by atoms with E-state index in [1.165, 1.54) is 0 Å². The number of anilines is 1. The first-order chi connectivity index (χ1) is 6.25. The normalized spacial score (nSPS) is 10.3. The molecule has 0 saturated carbocycles. The quantitative estimate of drug-likeness (QED) is 0.652. The zero-order chi connectivity index (χ0) is 9.68. The Morgan fingerprint density at radius 2 is 2.23 bits per heavy atom. The zero-order valence-corrected chi connectivity index (χ0v) is 9.30. The van der Waals surface area contributed by atoms with E-state index >= 15 is 0 Å². The minimum atomic E-state index is 0.584. The fraction of sp³-hybridized carbons (Fsp3) is 0.400. The van der Waals surface area contributed by atoms with Crippen LogP contribution < -0.4 is 5.73 Å². The first kappa shape index (κ1) is 10.5. The number of ether oxygens (including phenoxy) is 1. The molecule has 0 atom stereocenters. The van der Waals surface area contributed by atoms with Crippen molar-refractivity contribution in [3.05, 3.63) is 28.2 Å². The lowest BCUT2D eigenvalue weighted by molar-refractivity contribution is 0.121. The number of hydrogen-bond acceptors (Lipinski definition) is 2. The second-order valence-corrected chi connectivity index (χ2v) is 3.71. The van der Waals surface area contributed by atoms with Crippen LogP contribution in [-0.4, -0.2) is 6.61 Å². The SMILES string of the molecule is CCCOCc1c(N)cccc1Br. The largest absolute Gasteiger partial charge is 0.398 e. The number of halogens is 1. The molecule has 0 saturated heterocycles. The van der Waals surface area contributed by atoms with Crippen LogP contribution in [0.2, 0.25) is 0 Å². The van der Waals surface area contributed by atoms with E-state index in [1.54, 1.807) is 0 Å². The van der Waals surface area contributed by atoms with Gasteiger partial charge in [0.25, 0.3) is 0 Å². The zero-order valence-electron chi connectivity index (χ0n) is 7.72. The Kier molecular flexibility index (Phi) is 4.25. The molecule has 0 fully saturated rings. The van der Waals surface area contributed by atoms with Gasteiger partial charge in [0.15, 0.2) is 0 Å². The first-order valence-electron chi connectivity index (χ1n) is 4.36. The molecule has 2 nitrogen and oxygen atoms in total. The topological polar surface area (TPSA) is 35.2 Å². The monoisotopic (exact) mass is 243 g/mol. The smallest absolute Gasteiger partial charge is 0.0748 e. The summed E-state index contributed by atoms with van der Waals surface area (Å²) in [5.41, 5.74) is 7.61. The van der Waals surface area contributed by atoms with Crippen LogP contribution >= 0.6 is 15.9 Å². The van der Waals surface area contributed by atoms with E-state index in [1.807, 2.05) is 18.2 Å². The van der Waals surface area contributed by atoms with Crippen LogP contribution in [0.1, 0.15) is 18.9 Å². The summed E-state index contributed by atoms with van der Waals surface area (Å²) in [6.07, 6.45) is 1.03. The molecule has 1 rings (SSSR count). The second-order valence-electron chi connectivity index (χ2n) is 2.86. The number of rotatable bonds is 4. The molecule has 0 aliphatic carbocycles. The lowest BCUT2D eigenvalue weighted by atomic mass is 10.2. The van der Waals surface area contributed by atoms with Crippen molar-refractivity contribution < 1.29 is 4.74 Å². The van der Waals surface area contributed by atoms with E-state index in [0.717, 1.165) is 28.8 Å². The van der Waals surface area contributed by atoms with Crippen LogP contribution in [0, 0.1) is 0 Å². The molecule has 0 bridgehead atoms. The Labute approximate surface area is 87.2 Å². The highest BCUT2D eigenvalue weighted by molar-refractivity contribution is 9.10. The molecule has 0 aliphatic heterocycles. The molecule has 2 N–H and O–H groups in total. The number of hydrogen-bond donors (Lipinski definition) is 1. The maximum atomic E-state index is 5.79. The Morgan fingerprint density at radius 3 is 2.85 bits per heavy atom. The third-order valence-corrected chi connectivity index (χ3v) is 2.49. The Hall–Kier alpha value is -0.540. The van der Waals surface area contributed by atoms with Crippen LogP contribution in [0.25, 0.3) is 0 Å². The van der Waals surface area contributed by atoms with Gasteiger partial charge in [0.1, 0.15) is 0 Å². The van der Waals surface area contributed by atoms with Gasteiger partial charge in [-0.1, -0.05) is 28.9 Å². The molecule has 0 amide bonds. The van der Waals surface area contributed by atoms with Gasteiger partial charge in [0, 0.05) is 22.3 Å². The molecular formula is C10H14BrNO. The van der Waals surface area contributed by atoms with Gasteiger partial charge >= 0.3 is 0 Å². The molecule has 1 aromatic carbocycles. The van der Waals surface area contributed by atoms with E-state index in [2.05, 4.69) is 22.9 Å². The van der Waals surface area contributed by atoms with Crippen molar-refractivity contribution >= 4 is 21.6 Å². The molecular weight excluding hydrogens is 230 g/mol. The van der Waals surface area contributed by atoms with Crippen molar-refractivity contribution in [3.63, 3.8) is 0 Å². The van der Waals surface area contributed by atoms with E-state index in [-0.39, 0.29) is 0 Å². The van der Waals surface area contributed by atoms with Gasteiger partial charge in [-0.25, -0.2) is 0 Å². The summed E-state index contributed by atoms with van der Waals surface area (Å²) in [6, 6.07) is 5.78. The predicted molar refractivity (Wildman–Crippen MR) is 58.5 cm³/mol. The highest BCUT2D eigenvalue weighted by Gasteiger charge is 2.02. The van der Waals surface area contributed by atoms with Gasteiger partial charge in [0.05, 0.1) is 6.61 Å². The van der Waals surface area contributed by atoms with Crippen LogP contribution in [0.3, 0.4) is 0 Å². The van der Waals surface area contributed by atoms with Gasteiger partial charge in [-0.2, -0.15) is 0 Å². The highest BCUT2D eigenvalue weighted by Crippen LogP contribution is 2.23. The maximum absolute atomic E-state index is 5.79. The van der Waals surface area contributed by atoms with Crippen molar-refractivity contribution in [1.82, 2.24) is 0 Å². The average molecular weight is 244 g/mol. The number of nitrogens with two attached hydrogens (primary N) is 1. The fourth-order valence-electron chi connectivity index (χ4n) is 1.05. The molecule has 0 aliphatic rings. The van der Waals surface area contributed by atoms with E-state index in [0.29, 0.717) is 6.61 Å². The van der Waals surface area contributed by atoms with E-state index in [4.69, 9.17) is 10.5 Å². The Balaban J connectivity index is 2.64. The summed E-state index contributed by atoms with van der Waals surface area (Å²) in [7, 11) is 0. The first-order valence-corrected chi connectivity index (χ1v) is 5.15. The summed E-state index contributed by atoms with van der Waals surface area (Å²) in [5, 5.41) is 0. The van der Waals surface area contributed by atoms with Crippen LogP contribution in [0.15, 0.2) is 22.7 Å². The number of benzene rings is 1. The van der Waals surface area contributed by atoms with Crippen LogP contribution in [-0.2, 0) is 11.3 Å².